The van der Waals surface area contributed by atoms with Crippen LogP contribution in [0.5, 0.6) is 0 Å². The van der Waals surface area contributed by atoms with Crippen molar-refractivity contribution >= 4 is 42.1 Å². The van der Waals surface area contributed by atoms with Gasteiger partial charge in [-0.2, -0.15) is 0 Å². The zero-order valence-electron chi connectivity index (χ0n) is 9.99. The summed E-state index contributed by atoms with van der Waals surface area (Å²) in [6.45, 7) is 3.38. The van der Waals surface area contributed by atoms with Gasteiger partial charge in [-0.3, -0.25) is 4.79 Å². The Balaban J connectivity index is 0. The highest BCUT2D eigenvalue weighted by Gasteiger charge is 2.02. The molecule has 0 aliphatic carbocycles. The summed E-state index contributed by atoms with van der Waals surface area (Å²) in [4.78, 5) is 15.6. The van der Waals surface area contributed by atoms with Crippen LogP contribution in [0.25, 0.3) is 0 Å². The SMILES string of the molecule is CNCCCC(=O)NCc1nc(C)cs1.Cl.Cl. The van der Waals surface area contributed by atoms with Gasteiger partial charge in [0.2, 0.25) is 5.91 Å². The molecule has 7 heteroatoms. The van der Waals surface area contributed by atoms with Crippen LogP contribution in [0.15, 0.2) is 5.38 Å². The van der Waals surface area contributed by atoms with E-state index in [-0.39, 0.29) is 30.7 Å². The fourth-order valence-electron chi connectivity index (χ4n) is 1.17. The van der Waals surface area contributed by atoms with Gasteiger partial charge in [0.05, 0.1) is 6.54 Å². The number of aromatic nitrogens is 1. The molecule has 0 fully saturated rings. The molecule has 17 heavy (non-hydrogen) atoms. The average molecular weight is 300 g/mol. The summed E-state index contributed by atoms with van der Waals surface area (Å²) in [7, 11) is 1.89. The van der Waals surface area contributed by atoms with Crippen molar-refractivity contribution < 1.29 is 4.79 Å². The van der Waals surface area contributed by atoms with Crippen molar-refractivity contribution in [1.82, 2.24) is 15.6 Å². The first-order valence-corrected chi connectivity index (χ1v) is 5.92. The topological polar surface area (TPSA) is 54.0 Å². The first-order valence-electron chi connectivity index (χ1n) is 5.04. The highest BCUT2D eigenvalue weighted by atomic mass is 35.5. The third kappa shape index (κ3) is 8.37. The molecule has 0 atom stereocenters. The second-order valence-electron chi connectivity index (χ2n) is 3.37. The highest BCUT2D eigenvalue weighted by molar-refractivity contribution is 7.09. The van der Waals surface area contributed by atoms with Crippen molar-refractivity contribution in [3.05, 3.63) is 16.1 Å². The van der Waals surface area contributed by atoms with Crippen molar-refractivity contribution in [2.45, 2.75) is 26.3 Å². The summed E-state index contributed by atoms with van der Waals surface area (Å²) in [5.74, 6) is 0.0955. The molecule has 0 bridgehead atoms. The molecule has 1 aromatic heterocycles. The number of halogens is 2. The Bertz CT molecular complexity index is 320. The van der Waals surface area contributed by atoms with Gasteiger partial charge in [0.25, 0.3) is 0 Å². The quantitative estimate of drug-likeness (QED) is 0.789. The Morgan fingerprint density at radius 3 is 2.71 bits per heavy atom. The molecule has 1 aromatic rings. The number of nitrogens with one attached hydrogen (secondary N) is 2. The third-order valence-corrected chi connectivity index (χ3v) is 2.90. The minimum absolute atomic E-state index is 0. The summed E-state index contributed by atoms with van der Waals surface area (Å²) in [5, 5.41) is 8.82. The van der Waals surface area contributed by atoms with Crippen molar-refractivity contribution in [3.63, 3.8) is 0 Å². The molecule has 0 aromatic carbocycles. The predicted molar refractivity (Wildman–Crippen MR) is 76.4 cm³/mol. The summed E-state index contributed by atoms with van der Waals surface area (Å²) in [6.07, 6.45) is 1.45. The zero-order valence-corrected chi connectivity index (χ0v) is 12.4. The van der Waals surface area contributed by atoms with Crippen molar-refractivity contribution in [3.8, 4) is 0 Å². The first-order chi connectivity index (χ1) is 7.22. The second kappa shape index (κ2) is 10.8. The maximum absolute atomic E-state index is 11.3. The van der Waals surface area contributed by atoms with E-state index in [0.29, 0.717) is 13.0 Å². The van der Waals surface area contributed by atoms with E-state index in [2.05, 4.69) is 15.6 Å². The molecule has 0 unspecified atom stereocenters. The molecule has 0 spiro atoms. The molecule has 0 aliphatic rings. The van der Waals surface area contributed by atoms with Crippen LogP contribution in [0.4, 0.5) is 0 Å². The molecule has 0 saturated carbocycles. The lowest BCUT2D eigenvalue weighted by molar-refractivity contribution is -0.121. The van der Waals surface area contributed by atoms with Crippen LogP contribution in [-0.2, 0) is 11.3 Å². The summed E-state index contributed by atoms with van der Waals surface area (Å²) in [6, 6.07) is 0. The molecule has 0 aliphatic heterocycles. The number of hydrogen-bond acceptors (Lipinski definition) is 4. The van der Waals surface area contributed by atoms with Gasteiger partial charge >= 0.3 is 0 Å². The molecule has 0 saturated heterocycles. The van der Waals surface area contributed by atoms with Gasteiger partial charge in [-0.15, -0.1) is 36.2 Å². The maximum Gasteiger partial charge on any atom is 0.220 e. The van der Waals surface area contributed by atoms with Crippen LogP contribution in [0, 0.1) is 6.92 Å². The van der Waals surface area contributed by atoms with Gasteiger partial charge in [-0.1, -0.05) is 0 Å². The van der Waals surface area contributed by atoms with Gasteiger partial charge < -0.3 is 10.6 Å². The molecular formula is C10H19Cl2N3OS. The van der Waals surface area contributed by atoms with E-state index in [1.165, 1.54) is 0 Å². The summed E-state index contributed by atoms with van der Waals surface area (Å²) < 4.78 is 0. The van der Waals surface area contributed by atoms with Gasteiger partial charge in [-0.05, 0) is 26.9 Å². The number of carbonyl (C=O) groups is 1. The van der Waals surface area contributed by atoms with E-state index >= 15 is 0 Å². The lowest BCUT2D eigenvalue weighted by atomic mass is 10.3. The van der Waals surface area contributed by atoms with Gasteiger partial charge in [0, 0.05) is 17.5 Å². The number of thiazole rings is 1. The maximum atomic E-state index is 11.3. The highest BCUT2D eigenvalue weighted by Crippen LogP contribution is 2.07. The lowest BCUT2D eigenvalue weighted by Crippen LogP contribution is -2.23. The zero-order chi connectivity index (χ0) is 11.1. The van der Waals surface area contributed by atoms with Crippen LogP contribution in [0.3, 0.4) is 0 Å². The standard InChI is InChI=1S/C10H17N3OS.2ClH/c1-8-7-15-10(13-8)6-12-9(14)4-3-5-11-2;;/h7,11H,3-6H2,1-2H3,(H,12,14);2*1H. The summed E-state index contributed by atoms with van der Waals surface area (Å²) >= 11 is 1.58. The number of carbonyl (C=O) groups excluding carboxylic acids is 1. The largest absolute Gasteiger partial charge is 0.350 e. The number of aryl methyl sites for hydroxylation is 1. The number of nitrogens with zero attached hydrogens (tertiary/aromatic N) is 1. The van der Waals surface area contributed by atoms with Gasteiger partial charge in [-0.25, -0.2) is 4.98 Å². The molecule has 4 nitrogen and oxygen atoms in total. The molecule has 0 radical (unpaired) electrons. The van der Waals surface area contributed by atoms with E-state index in [4.69, 9.17) is 0 Å². The Morgan fingerprint density at radius 2 is 2.18 bits per heavy atom. The minimum atomic E-state index is 0. The Labute approximate surface area is 118 Å². The van der Waals surface area contributed by atoms with Crippen molar-refractivity contribution in [1.29, 1.82) is 0 Å². The number of hydrogen-bond donors (Lipinski definition) is 2. The Hall–Kier alpha value is -0.360. The molecular weight excluding hydrogens is 281 g/mol. The van der Waals surface area contributed by atoms with E-state index in [1.54, 1.807) is 11.3 Å². The monoisotopic (exact) mass is 299 g/mol. The van der Waals surface area contributed by atoms with Crippen LogP contribution < -0.4 is 10.6 Å². The van der Waals surface area contributed by atoms with E-state index < -0.39 is 0 Å². The summed E-state index contributed by atoms with van der Waals surface area (Å²) in [5.41, 5.74) is 1.01. The van der Waals surface area contributed by atoms with Crippen LogP contribution in [0.1, 0.15) is 23.5 Å². The molecule has 2 N–H and O–H groups in total. The fraction of sp³-hybridized carbons (Fsp3) is 0.600. The molecule has 1 heterocycles. The Kier molecular flexibility index (Phi) is 12.0. The van der Waals surface area contributed by atoms with Crippen molar-refractivity contribution in [2.24, 2.45) is 0 Å². The van der Waals surface area contributed by atoms with E-state index in [1.807, 2.05) is 19.4 Å². The first kappa shape index (κ1) is 19.0. The smallest absolute Gasteiger partial charge is 0.220 e. The van der Waals surface area contributed by atoms with Crippen LogP contribution in [0.2, 0.25) is 0 Å². The third-order valence-electron chi connectivity index (χ3n) is 1.93. The van der Waals surface area contributed by atoms with Crippen LogP contribution in [-0.4, -0.2) is 24.5 Å². The number of amides is 1. The van der Waals surface area contributed by atoms with Crippen LogP contribution >= 0.6 is 36.2 Å². The lowest BCUT2D eigenvalue weighted by Gasteiger charge is -2.02. The fourth-order valence-corrected chi connectivity index (χ4v) is 1.88. The minimum Gasteiger partial charge on any atom is -0.350 e. The second-order valence-corrected chi connectivity index (χ2v) is 4.31. The average Bonchev–Trinajstić information content (AvgIpc) is 2.62. The van der Waals surface area contributed by atoms with E-state index in [9.17, 15) is 4.79 Å². The normalized spacial score (nSPS) is 9.06. The molecule has 100 valence electrons. The van der Waals surface area contributed by atoms with Crippen molar-refractivity contribution in [2.75, 3.05) is 13.6 Å². The van der Waals surface area contributed by atoms with E-state index in [0.717, 1.165) is 23.7 Å². The number of rotatable bonds is 6. The predicted octanol–water partition coefficient (Wildman–Crippen LogP) is 1.91. The molecule has 1 amide bonds. The Morgan fingerprint density at radius 1 is 1.47 bits per heavy atom. The molecule has 1 rings (SSSR count). The van der Waals surface area contributed by atoms with Gasteiger partial charge in [0.15, 0.2) is 0 Å². The van der Waals surface area contributed by atoms with Gasteiger partial charge in [0.1, 0.15) is 5.01 Å².